The minimum Gasteiger partial charge on any atom is -0.229 e. The molecule has 0 bridgehead atoms. The van der Waals surface area contributed by atoms with Crippen LogP contribution in [0.5, 0.6) is 0 Å². The zero-order chi connectivity index (χ0) is 11.1. The molecule has 0 N–H and O–H groups in total. The summed E-state index contributed by atoms with van der Waals surface area (Å²) in [6.07, 6.45) is 2.89. The third-order valence-electron chi connectivity index (χ3n) is 1.73. The number of fused-ring (bicyclic) bond motifs is 1. The number of pyridine rings is 1. The normalized spacial score (nSPS) is 12.1. The van der Waals surface area contributed by atoms with Crippen LogP contribution in [0.4, 0.5) is 0 Å². The average Bonchev–Trinajstić information content (AvgIpc) is 2.42. The standard InChI is InChI=1S/C8H8BrN3O2S/c1-15(13,14)5-7-10-8-3-2-6(9)4-12(8)11-7/h2-4H,5H2,1H3. The Hall–Kier alpha value is -0.950. The Morgan fingerprint density at radius 2 is 2.20 bits per heavy atom. The SMILES string of the molecule is CS(=O)(=O)Cc1nc2ccc(Br)cn2n1. The first-order valence-corrected chi connectivity index (χ1v) is 6.98. The lowest BCUT2D eigenvalue weighted by Crippen LogP contribution is -2.02. The molecule has 15 heavy (non-hydrogen) atoms. The van der Waals surface area contributed by atoms with Crippen molar-refractivity contribution in [2.75, 3.05) is 6.26 Å². The Morgan fingerprint density at radius 3 is 2.87 bits per heavy atom. The quantitative estimate of drug-likeness (QED) is 0.829. The molecule has 2 heterocycles. The molecular weight excluding hydrogens is 282 g/mol. The highest BCUT2D eigenvalue weighted by molar-refractivity contribution is 9.10. The fourth-order valence-electron chi connectivity index (χ4n) is 1.20. The van der Waals surface area contributed by atoms with E-state index >= 15 is 0 Å². The van der Waals surface area contributed by atoms with E-state index in [0.29, 0.717) is 11.5 Å². The summed E-state index contributed by atoms with van der Waals surface area (Å²) in [5.41, 5.74) is 0.636. The number of sulfone groups is 1. The first-order valence-electron chi connectivity index (χ1n) is 4.12. The van der Waals surface area contributed by atoms with Crippen molar-refractivity contribution in [3.8, 4) is 0 Å². The van der Waals surface area contributed by atoms with Gasteiger partial charge in [0.15, 0.2) is 21.3 Å². The molecule has 0 aromatic carbocycles. The van der Waals surface area contributed by atoms with Crippen molar-refractivity contribution >= 4 is 31.4 Å². The van der Waals surface area contributed by atoms with Crippen molar-refractivity contribution in [2.24, 2.45) is 0 Å². The Labute approximate surface area is 95.2 Å². The van der Waals surface area contributed by atoms with Gasteiger partial charge in [0.1, 0.15) is 5.75 Å². The first-order chi connectivity index (χ1) is 6.94. The molecule has 80 valence electrons. The molecule has 0 fully saturated rings. The van der Waals surface area contributed by atoms with E-state index in [1.54, 1.807) is 16.8 Å². The van der Waals surface area contributed by atoms with Crippen LogP contribution in [0.15, 0.2) is 22.8 Å². The van der Waals surface area contributed by atoms with E-state index < -0.39 is 9.84 Å². The minimum atomic E-state index is -3.08. The lowest BCUT2D eigenvalue weighted by atomic mass is 10.5. The van der Waals surface area contributed by atoms with Crippen LogP contribution >= 0.6 is 15.9 Å². The molecule has 0 saturated heterocycles. The summed E-state index contributed by atoms with van der Waals surface area (Å²) < 4.78 is 24.5. The van der Waals surface area contributed by atoms with E-state index in [2.05, 4.69) is 26.0 Å². The van der Waals surface area contributed by atoms with Gasteiger partial charge in [0.25, 0.3) is 0 Å². The van der Waals surface area contributed by atoms with Gasteiger partial charge in [-0.2, -0.15) is 5.10 Å². The lowest BCUT2D eigenvalue weighted by molar-refractivity contribution is 0.599. The van der Waals surface area contributed by atoms with Gasteiger partial charge in [-0.25, -0.2) is 17.9 Å². The topological polar surface area (TPSA) is 64.3 Å². The summed E-state index contributed by atoms with van der Waals surface area (Å²) in [6.45, 7) is 0. The fraction of sp³-hybridized carbons (Fsp3) is 0.250. The Bertz CT molecular complexity index is 605. The van der Waals surface area contributed by atoms with Gasteiger partial charge in [-0.15, -0.1) is 0 Å². The van der Waals surface area contributed by atoms with Gasteiger partial charge >= 0.3 is 0 Å². The highest BCUT2D eigenvalue weighted by Gasteiger charge is 2.10. The molecular formula is C8H8BrN3O2S. The smallest absolute Gasteiger partial charge is 0.166 e. The number of nitrogens with zero attached hydrogens (tertiary/aromatic N) is 3. The maximum absolute atomic E-state index is 11.0. The van der Waals surface area contributed by atoms with E-state index in [4.69, 9.17) is 0 Å². The van der Waals surface area contributed by atoms with Gasteiger partial charge in [-0.1, -0.05) is 0 Å². The second kappa shape index (κ2) is 3.57. The van der Waals surface area contributed by atoms with Gasteiger partial charge in [0.2, 0.25) is 0 Å². The van der Waals surface area contributed by atoms with Crippen LogP contribution < -0.4 is 0 Å². The molecule has 0 atom stereocenters. The predicted molar refractivity (Wildman–Crippen MR) is 59.2 cm³/mol. The molecule has 0 spiro atoms. The molecule has 7 heteroatoms. The minimum absolute atomic E-state index is 0.133. The number of rotatable bonds is 2. The second-order valence-corrected chi connectivity index (χ2v) is 6.30. The second-order valence-electron chi connectivity index (χ2n) is 3.25. The highest BCUT2D eigenvalue weighted by atomic mass is 79.9. The van der Waals surface area contributed by atoms with E-state index in [9.17, 15) is 8.42 Å². The monoisotopic (exact) mass is 289 g/mol. The van der Waals surface area contributed by atoms with Crippen molar-refractivity contribution in [2.45, 2.75) is 5.75 Å². The summed E-state index contributed by atoms with van der Waals surface area (Å²) >= 11 is 3.30. The maximum atomic E-state index is 11.0. The summed E-state index contributed by atoms with van der Waals surface area (Å²) in [7, 11) is -3.08. The first kappa shape index (κ1) is 10.6. The summed E-state index contributed by atoms with van der Waals surface area (Å²) in [5, 5.41) is 4.06. The molecule has 0 aliphatic carbocycles. The van der Waals surface area contributed by atoms with E-state index in [1.807, 2.05) is 6.07 Å². The third kappa shape index (κ3) is 2.54. The number of halogens is 1. The van der Waals surface area contributed by atoms with Gasteiger partial charge in [-0.3, -0.25) is 0 Å². The van der Waals surface area contributed by atoms with Crippen molar-refractivity contribution in [3.05, 3.63) is 28.6 Å². The van der Waals surface area contributed by atoms with Crippen molar-refractivity contribution in [3.63, 3.8) is 0 Å². The van der Waals surface area contributed by atoms with Crippen molar-refractivity contribution < 1.29 is 8.42 Å². The van der Waals surface area contributed by atoms with Crippen LogP contribution in [-0.2, 0) is 15.6 Å². The van der Waals surface area contributed by atoms with Crippen LogP contribution in [0, 0.1) is 0 Å². The van der Waals surface area contributed by atoms with Gasteiger partial charge in [0.05, 0.1) is 0 Å². The zero-order valence-electron chi connectivity index (χ0n) is 7.88. The average molecular weight is 290 g/mol. The zero-order valence-corrected chi connectivity index (χ0v) is 10.3. The molecule has 5 nitrogen and oxygen atoms in total. The van der Waals surface area contributed by atoms with Crippen LogP contribution in [0.2, 0.25) is 0 Å². The van der Waals surface area contributed by atoms with Gasteiger partial charge in [0, 0.05) is 16.9 Å². The van der Waals surface area contributed by atoms with Crippen LogP contribution in [0.3, 0.4) is 0 Å². The van der Waals surface area contributed by atoms with E-state index in [-0.39, 0.29) is 5.75 Å². The lowest BCUT2D eigenvalue weighted by Gasteiger charge is -1.90. The largest absolute Gasteiger partial charge is 0.229 e. The van der Waals surface area contributed by atoms with Crippen molar-refractivity contribution in [1.82, 2.24) is 14.6 Å². The molecule has 2 aromatic heterocycles. The molecule has 2 aromatic rings. The molecule has 0 aliphatic rings. The Morgan fingerprint density at radius 1 is 1.47 bits per heavy atom. The number of aromatic nitrogens is 3. The van der Waals surface area contributed by atoms with E-state index in [0.717, 1.165) is 10.7 Å². The Kier molecular flexibility index (Phi) is 2.51. The fourth-order valence-corrected chi connectivity index (χ4v) is 2.12. The molecule has 0 saturated carbocycles. The van der Waals surface area contributed by atoms with Crippen LogP contribution in [0.25, 0.3) is 5.65 Å². The maximum Gasteiger partial charge on any atom is 0.166 e. The summed E-state index contributed by atoms with van der Waals surface area (Å²) in [5.74, 6) is 0.183. The predicted octanol–water partition coefficient (Wildman–Crippen LogP) is 1.04. The van der Waals surface area contributed by atoms with Crippen molar-refractivity contribution in [1.29, 1.82) is 0 Å². The number of hydrogen-bond acceptors (Lipinski definition) is 4. The molecule has 0 aliphatic heterocycles. The Balaban J connectivity index is 2.48. The molecule has 2 rings (SSSR count). The molecule has 0 amide bonds. The van der Waals surface area contributed by atoms with Gasteiger partial charge < -0.3 is 0 Å². The summed E-state index contributed by atoms with van der Waals surface area (Å²) in [6, 6.07) is 3.59. The summed E-state index contributed by atoms with van der Waals surface area (Å²) in [4.78, 5) is 4.09. The van der Waals surface area contributed by atoms with E-state index in [1.165, 1.54) is 0 Å². The highest BCUT2D eigenvalue weighted by Crippen LogP contribution is 2.11. The van der Waals surface area contributed by atoms with Crippen LogP contribution in [0.1, 0.15) is 5.82 Å². The molecule has 0 unspecified atom stereocenters. The van der Waals surface area contributed by atoms with Gasteiger partial charge in [-0.05, 0) is 28.1 Å². The third-order valence-corrected chi connectivity index (χ3v) is 2.98. The number of hydrogen-bond donors (Lipinski definition) is 0. The van der Waals surface area contributed by atoms with Crippen LogP contribution in [-0.4, -0.2) is 29.3 Å². The molecule has 0 radical (unpaired) electrons.